The summed E-state index contributed by atoms with van der Waals surface area (Å²) in [7, 11) is 0. The van der Waals surface area contributed by atoms with Crippen molar-refractivity contribution >= 4 is 11.8 Å². The molecule has 0 unspecified atom stereocenters. The van der Waals surface area contributed by atoms with Crippen LogP contribution in [0.3, 0.4) is 0 Å². The molecular formula is C11H20N4O2. The van der Waals surface area contributed by atoms with E-state index in [1.807, 2.05) is 0 Å². The Morgan fingerprint density at radius 3 is 2.76 bits per heavy atom. The summed E-state index contributed by atoms with van der Waals surface area (Å²) >= 11 is 0. The van der Waals surface area contributed by atoms with Crippen LogP contribution >= 0.6 is 0 Å². The van der Waals surface area contributed by atoms with Gasteiger partial charge in [-0.05, 0) is 12.8 Å². The number of carbonyl (C=O) groups excluding carboxylic acids is 1. The maximum Gasteiger partial charge on any atom is 0.320 e. The minimum absolute atomic E-state index is 0.273. The van der Waals surface area contributed by atoms with Gasteiger partial charge in [-0.15, -0.1) is 0 Å². The molecule has 0 saturated carbocycles. The first-order valence-corrected chi connectivity index (χ1v) is 5.94. The number of rotatable bonds is 7. The van der Waals surface area contributed by atoms with Crippen molar-refractivity contribution in [3.8, 4) is 0 Å². The van der Waals surface area contributed by atoms with Gasteiger partial charge in [-0.25, -0.2) is 4.79 Å². The van der Waals surface area contributed by atoms with Crippen LogP contribution in [0.1, 0.15) is 26.7 Å². The van der Waals surface area contributed by atoms with Gasteiger partial charge in [0.05, 0.1) is 0 Å². The van der Waals surface area contributed by atoms with Crippen LogP contribution in [-0.2, 0) is 0 Å². The highest BCUT2D eigenvalue weighted by atomic mass is 16.5. The number of carbonyl (C=O) groups is 1. The molecule has 0 fully saturated rings. The van der Waals surface area contributed by atoms with E-state index in [9.17, 15) is 4.79 Å². The lowest BCUT2D eigenvalue weighted by Gasteiger charge is -2.14. The summed E-state index contributed by atoms with van der Waals surface area (Å²) in [6.07, 6.45) is 3.60. The average Bonchev–Trinajstić information content (AvgIpc) is 2.82. The van der Waals surface area contributed by atoms with Crippen LogP contribution in [0.2, 0.25) is 0 Å². The zero-order chi connectivity index (χ0) is 12.5. The lowest BCUT2D eigenvalue weighted by atomic mass is 10.2. The van der Waals surface area contributed by atoms with Gasteiger partial charge in [0.1, 0.15) is 6.26 Å². The van der Waals surface area contributed by atoms with Gasteiger partial charge < -0.3 is 15.2 Å². The third-order valence-corrected chi connectivity index (χ3v) is 2.51. The first-order chi connectivity index (χ1) is 8.26. The van der Waals surface area contributed by atoms with Crippen molar-refractivity contribution < 1.29 is 9.32 Å². The smallest absolute Gasteiger partial charge is 0.320 e. The van der Waals surface area contributed by atoms with Crippen LogP contribution in [0, 0.1) is 0 Å². The minimum atomic E-state index is -0.273. The maximum absolute atomic E-state index is 11.4. The molecule has 1 aromatic rings. The number of anilines is 1. The van der Waals surface area contributed by atoms with Crippen molar-refractivity contribution in [2.75, 3.05) is 18.4 Å². The molecule has 1 aromatic heterocycles. The number of nitrogens with one attached hydrogen (secondary N) is 3. The maximum atomic E-state index is 11.4. The Morgan fingerprint density at radius 1 is 1.41 bits per heavy atom. The summed E-state index contributed by atoms with van der Waals surface area (Å²) in [5, 5.41) is 12.2. The molecule has 0 spiro atoms. The second-order valence-electron chi connectivity index (χ2n) is 3.73. The average molecular weight is 240 g/mol. The molecule has 1 rings (SSSR count). The number of hydrogen-bond acceptors (Lipinski definition) is 4. The summed E-state index contributed by atoms with van der Waals surface area (Å²) in [6.45, 7) is 5.64. The van der Waals surface area contributed by atoms with Crippen molar-refractivity contribution in [3.05, 3.63) is 12.3 Å². The van der Waals surface area contributed by atoms with Crippen molar-refractivity contribution in [2.45, 2.75) is 32.7 Å². The number of amides is 2. The quantitative estimate of drug-likeness (QED) is 0.632. The Balaban J connectivity index is 2.08. The Bertz CT molecular complexity index is 309. The molecule has 17 heavy (non-hydrogen) atoms. The second kappa shape index (κ2) is 7.67. The normalized spacial score (nSPS) is 10.5. The molecule has 0 aromatic carbocycles. The van der Waals surface area contributed by atoms with Gasteiger partial charge in [0.25, 0.3) is 0 Å². The van der Waals surface area contributed by atoms with Gasteiger partial charge in [0, 0.05) is 25.2 Å². The van der Waals surface area contributed by atoms with Crippen LogP contribution < -0.4 is 16.0 Å². The molecule has 2 amide bonds. The van der Waals surface area contributed by atoms with Crippen molar-refractivity contribution in [3.63, 3.8) is 0 Å². The predicted octanol–water partition coefficient (Wildman–Crippen LogP) is 1.57. The van der Waals surface area contributed by atoms with Crippen LogP contribution in [0.4, 0.5) is 10.6 Å². The number of urea groups is 1. The molecule has 0 aliphatic rings. The van der Waals surface area contributed by atoms with E-state index in [-0.39, 0.29) is 6.03 Å². The molecule has 0 bridgehead atoms. The fourth-order valence-corrected chi connectivity index (χ4v) is 1.47. The highest BCUT2D eigenvalue weighted by Crippen LogP contribution is 1.99. The van der Waals surface area contributed by atoms with E-state index in [2.05, 4.69) is 39.5 Å². The Labute approximate surface area is 101 Å². The molecule has 3 N–H and O–H groups in total. The van der Waals surface area contributed by atoms with E-state index in [0.717, 1.165) is 19.4 Å². The number of hydrogen-bond donors (Lipinski definition) is 3. The first kappa shape index (κ1) is 13.5. The van der Waals surface area contributed by atoms with Crippen LogP contribution in [0.5, 0.6) is 0 Å². The minimum Gasteiger partial charge on any atom is -0.363 e. The van der Waals surface area contributed by atoms with Crippen LogP contribution in [0.25, 0.3) is 0 Å². The fraction of sp³-hybridized carbons (Fsp3) is 0.636. The fourth-order valence-electron chi connectivity index (χ4n) is 1.47. The zero-order valence-corrected chi connectivity index (χ0v) is 10.3. The number of nitrogens with zero attached hydrogens (tertiary/aromatic N) is 1. The molecule has 0 saturated heterocycles. The van der Waals surface area contributed by atoms with Gasteiger partial charge in [-0.1, -0.05) is 19.0 Å². The van der Waals surface area contributed by atoms with E-state index in [1.54, 1.807) is 6.07 Å². The third-order valence-electron chi connectivity index (χ3n) is 2.51. The van der Waals surface area contributed by atoms with E-state index >= 15 is 0 Å². The zero-order valence-electron chi connectivity index (χ0n) is 10.3. The van der Waals surface area contributed by atoms with Gasteiger partial charge in [0.2, 0.25) is 0 Å². The monoisotopic (exact) mass is 240 g/mol. The molecule has 0 atom stereocenters. The molecule has 0 aliphatic heterocycles. The van der Waals surface area contributed by atoms with Gasteiger partial charge in [0.15, 0.2) is 5.82 Å². The molecule has 96 valence electrons. The third kappa shape index (κ3) is 5.35. The topological polar surface area (TPSA) is 79.2 Å². The standard InChI is InChI=1S/C11H20N4O2/c1-3-9(4-2)12-6-7-13-11(16)14-10-5-8-17-15-10/h5,8-9,12H,3-4,6-7H2,1-2H3,(H2,13,14,15,16). The molecule has 1 heterocycles. The SMILES string of the molecule is CCC(CC)NCCNC(=O)Nc1ccon1. The Hall–Kier alpha value is -1.56. The Morgan fingerprint density at radius 2 is 2.18 bits per heavy atom. The van der Waals surface area contributed by atoms with Crippen molar-refractivity contribution in [1.29, 1.82) is 0 Å². The summed E-state index contributed by atoms with van der Waals surface area (Å²) in [5.74, 6) is 0.412. The summed E-state index contributed by atoms with van der Waals surface area (Å²) in [6, 6.07) is 1.84. The van der Waals surface area contributed by atoms with Crippen molar-refractivity contribution in [1.82, 2.24) is 15.8 Å². The van der Waals surface area contributed by atoms with E-state index in [1.165, 1.54) is 6.26 Å². The molecule has 6 heteroatoms. The first-order valence-electron chi connectivity index (χ1n) is 5.94. The molecule has 0 radical (unpaired) electrons. The van der Waals surface area contributed by atoms with Gasteiger partial charge in [-0.2, -0.15) is 0 Å². The van der Waals surface area contributed by atoms with Crippen LogP contribution in [0.15, 0.2) is 16.9 Å². The van der Waals surface area contributed by atoms with Gasteiger partial charge in [-0.3, -0.25) is 5.32 Å². The predicted molar refractivity (Wildman–Crippen MR) is 65.9 cm³/mol. The van der Waals surface area contributed by atoms with E-state index in [4.69, 9.17) is 0 Å². The number of aromatic nitrogens is 1. The second-order valence-corrected chi connectivity index (χ2v) is 3.73. The van der Waals surface area contributed by atoms with Crippen LogP contribution in [-0.4, -0.2) is 30.3 Å². The largest absolute Gasteiger partial charge is 0.363 e. The van der Waals surface area contributed by atoms with Gasteiger partial charge >= 0.3 is 6.03 Å². The van der Waals surface area contributed by atoms with Crippen molar-refractivity contribution in [2.24, 2.45) is 0 Å². The summed E-state index contributed by atoms with van der Waals surface area (Å²) in [5.41, 5.74) is 0. The van der Waals surface area contributed by atoms with E-state index in [0.29, 0.717) is 18.4 Å². The summed E-state index contributed by atoms with van der Waals surface area (Å²) < 4.78 is 4.60. The lowest BCUT2D eigenvalue weighted by Crippen LogP contribution is -2.38. The molecule has 6 nitrogen and oxygen atoms in total. The highest BCUT2D eigenvalue weighted by molar-refractivity contribution is 5.87. The summed E-state index contributed by atoms with van der Waals surface area (Å²) in [4.78, 5) is 11.4. The lowest BCUT2D eigenvalue weighted by molar-refractivity contribution is 0.251. The Kier molecular flexibility index (Phi) is 6.09. The molecular weight excluding hydrogens is 220 g/mol. The van der Waals surface area contributed by atoms with E-state index < -0.39 is 0 Å². The highest BCUT2D eigenvalue weighted by Gasteiger charge is 2.04. The molecule has 0 aliphatic carbocycles.